The third-order valence-corrected chi connectivity index (χ3v) is 5.14. The topological polar surface area (TPSA) is 80.8 Å². The first kappa shape index (κ1) is 21.4. The maximum Gasteiger partial charge on any atom is 0.342 e. The largest absolute Gasteiger partial charge is 0.457 e. The van der Waals surface area contributed by atoms with Gasteiger partial charge in [0.1, 0.15) is 22.9 Å². The second-order valence-electron chi connectivity index (χ2n) is 7.63. The fourth-order valence-corrected chi connectivity index (χ4v) is 3.49. The highest BCUT2D eigenvalue weighted by Crippen LogP contribution is 2.24. The summed E-state index contributed by atoms with van der Waals surface area (Å²) < 4.78 is 11.0. The molecule has 32 heavy (non-hydrogen) atoms. The molecule has 3 aromatic rings. The van der Waals surface area contributed by atoms with Crippen molar-refractivity contribution in [3.05, 3.63) is 78.0 Å². The van der Waals surface area contributed by atoms with Gasteiger partial charge in [0.15, 0.2) is 6.61 Å². The number of anilines is 2. The predicted octanol–water partition coefficient (Wildman–Crippen LogP) is 4.58. The van der Waals surface area contributed by atoms with Gasteiger partial charge in [0.25, 0.3) is 5.91 Å². The number of carbonyl (C=O) groups excluding carboxylic acids is 2. The normalized spacial score (nSPS) is 13.0. The number of benzene rings is 2. The molecular formula is C25H25N3O4. The number of rotatable bonds is 7. The molecule has 0 unspecified atom stereocenters. The van der Waals surface area contributed by atoms with Crippen molar-refractivity contribution >= 4 is 23.4 Å². The molecule has 1 amide bonds. The van der Waals surface area contributed by atoms with Crippen LogP contribution in [0.15, 0.2) is 66.9 Å². The van der Waals surface area contributed by atoms with E-state index in [9.17, 15) is 9.59 Å². The van der Waals surface area contributed by atoms with Gasteiger partial charge in [-0.1, -0.05) is 17.7 Å². The molecule has 7 heteroatoms. The molecule has 1 aliphatic heterocycles. The molecule has 1 aromatic heterocycles. The highest BCUT2D eigenvalue weighted by atomic mass is 16.5. The van der Waals surface area contributed by atoms with Crippen molar-refractivity contribution in [3.63, 3.8) is 0 Å². The van der Waals surface area contributed by atoms with E-state index in [4.69, 9.17) is 9.47 Å². The average Bonchev–Trinajstić information content (AvgIpc) is 3.35. The second kappa shape index (κ2) is 9.96. The van der Waals surface area contributed by atoms with E-state index in [0.29, 0.717) is 22.8 Å². The zero-order valence-corrected chi connectivity index (χ0v) is 17.9. The first-order valence-corrected chi connectivity index (χ1v) is 10.6. The molecule has 7 nitrogen and oxygen atoms in total. The molecular weight excluding hydrogens is 406 g/mol. The van der Waals surface area contributed by atoms with Crippen molar-refractivity contribution in [1.82, 2.24) is 4.98 Å². The fourth-order valence-electron chi connectivity index (χ4n) is 3.49. The quantitative estimate of drug-likeness (QED) is 0.552. The van der Waals surface area contributed by atoms with Crippen LogP contribution in [0.5, 0.6) is 11.5 Å². The SMILES string of the molecule is Cc1ccc(Oc2ccc(NC(=O)COC(=O)c3cccnc3N3CCCC3)cc2)cc1. The first-order chi connectivity index (χ1) is 15.6. The van der Waals surface area contributed by atoms with E-state index in [1.54, 1.807) is 42.6 Å². The Morgan fingerprint density at radius 2 is 1.62 bits per heavy atom. The van der Waals surface area contributed by atoms with E-state index in [1.165, 1.54) is 0 Å². The highest BCUT2D eigenvalue weighted by molar-refractivity contribution is 5.98. The summed E-state index contributed by atoms with van der Waals surface area (Å²) in [6.07, 6.45) is 3.80. The number of amides is 1. The van der Waals surface area contributed by atoms with Gasteiger partial charge in [-0.25, -0.2) is 9.78 Å². The summed E-state index contributed by atoms with van der Waals surface area (Å²) in [7, 11) is 0. The van der Waals surface area contributed by atoms with E-state index in [0.717, 1.165) is 37.2 Å². The molecule has 1 saturated heterocycles. The van der Waals surface area contributed by atoms with Crippen LogP contribution in [0.1, 0.15) is 28.8 Å². The van der Waals surface area contributed by atoms with E-state index in [1.807, 2.05) is 31.2 Å². The smallest absolute Gasteiger partial charge is 0.342 e. The lowest BCUT2D eigenvalue weighted by Crippen LogP contribution is -2.24. The van der Waals surface area contributed by atoms with Crippen LogP contribution >= 0.6 is 0 Å². The maximum absolute atomic E-state index is 12.5. The summed E-state index contributed by atoms with van der Waals surface area (Å²) in [6.45, 7) is 3.36. The van der Waals surface area contributed by atoms with Gasteiger partial charge in [-0.15, -0.1) is 0 Å². The first-order valence-electron chi connectivity index (χ1n) is 10.6. The Labute approximate surface area is 187 Å². The number of nitrogens with one attached hydrogen (secondary N) is 1. The van der Waals surface area contributed by atoms with Crippen molar-refractivity contribution in [2.24, 2.45) is 0 Å². The van der Waals surface area contributed by atoms with Crippen LogP contribution in [0.25, 0.3) is 0 Å². The minimum atomic E-state index is -0.558. The predicted molar refractivity (Wildman–Crippen MR) is 122 cm³/mol. The molecule has 0 radical (unpaired) electrons. The van der Waals surface area contributed by atoms with Crippen molar-refractivity contribution in [2.75, 3.05) is 29.9 Å². The summed E-state index contributed by atoms with van der Waals surface area (Å²) >= 11 is 0. The number of aryl methyl sites for hydroxylation is 1. The Balaban J connectivity index is 1.29. The summed E-state index contributed by atoms with van der Waals surface area (Å²) in [5.41, 5.74) is 2.12. The van der Waals surface area contributed by atoms with Crippen molar-refractivity contribution in [2.45, 2.75) is 19.8 Å². The number of aromatic nitrogens is 1. The Kier molecular flexibility index (Phi) is 6.65. The van der Waals surface area contributed by atoms with Gasteiger partial charge >= 0.3 is 5.97 Å². The minimum Gasteiger partial charge on any atom is -0.457 e. The number of ether oxygens (including phenoxy) is 2. The molecule has 4 rings (SSSR count). The van der Waals surface area contributed by atoms with Gasteiger partial charge in [-0.3, -0.25) is 4.79 Å². The van der Waals surface area contributed by atoms with Gasteiger partial charge in [0.2, 0.25) is 0 Å². The molecule has 0 bridgehead atoms. The van der Waals surface area contributed by atoms with E-state index in [-0.39, 0.29) is 6.61 Å². The lowest BCUT2D eigenvalue weighted by atomic mass is 10.2. The molecule has 1 fully saturated rings. The Hall–Kier alpha value is -3.87. The summed E-state index contributed by atoms with van der Waals surface area (Å²) in [5, 5.41) is 2.72. The van der Waals surface area contributed by atoms with Crippen LogP contribution in [0.4, 0.5) is 11.5 Å². The number of pyridine rings is 1. The summed E-state index contributed by atoms with van der Waals surface area (Å²) in [5.74, 6) is 1.03. The van der Waals surface area contributed by atoms with E-state index in [2.05, 4.69) is 15.2 Å². The molecule has 2 aromatic carbocycles. The Morgan fingerprint density at radius 1 is 0.969 bits per heavy atom. The molecule has 164 valence electrons. The number of carbonyl (C=O) groups is 2. The zero-order valence-electron chi connectivity index (χ0n) is 17.9. The van der Waals surface area contributed by atoms with Gasteiger partial charge in [-0.2, -0.15) is 0 Å². The van der Waals surface area contributed by atoms with Crippen molar-refractivity contribution in [3.8, 4) is 11.5 Å². The van der Waals surface area contributed by atoms with Crippen molar-refractivity contribution in [1.29, 1.82) is 0 Å². The third kappa shape index (κ3) is 5.43. The monoisotopic (exact) mass is 431 g/mol. The molecule has 1 aliphatic rings. The molecule has 0 aliphatic carbocycles. The molecule has 0 spiro atoms. The van der Waals surface area contributed by atoms with Gasteiger partial charge in [-0.05, 0) is 68.3 Å². The van der Waals surface area contributed by atoms with Gasteiger partial charge in [0, 0.05) is 25.0 Å². The highest BCUT2D eigenvalue weighted by Gasteiger charge is 2.22. The number of hydrogen-bond donors (Lipinski definition) is 1. The van der Waals surface area contributed by atoms with Crippen LogP contribution in [0.2, 0.25) is 0 Å². The van der Waals surface area contributed by atoms with Crippen LogP contribution in [-0.2, 0) is 9.53 Å². The molecule has 0 saturated carbocycles. The van der Waals surface area contributed by atoms with E-state index >= 15 is 0 Å². The Morgan fingerprint density at radius 3 is 2.31 bits per heavy atom. The second-order valence-corrected chi connectivity index (χ2v) is 7.63. The van der Waals surface area contributed by atoms with Gasteiger partial charge < -0.3 is 19.7 Å². The van der Waals surface area contributed by atoms with Crippen LogP contribution in [0.3, 0.4) is 0 Å². The Bertz CT molecular complexity index is 1080. The fraction of sp³-hybridized carbons (Fsp3) is 0.240. The summed E-state index contributed by atoms with van der Waals surface area (Å²) in [4.78, 5) is 31.2. The number of hydrogen-bond acceptors (Lipinski definition) is 6. The number of esters is 1. The maximum atomic E-state index is 12.5. The van der Waals surface area contributed by atoms with Crippen LogP contribution < -0.4 is 15.0 Å². The van der Waals surface area contributed by atoms with E-state index < -0.39 is 11.9 Å². The number of nitrogens with zero attached hydrogens (tertiary/aromatic N) is 2. The standard InChI is InChI=1S/C25H25N3O4/c1-18-6-10-20(11-7-18)32-21-12-8-19(9-13-21)27-23(29)17-31-25(30)22-5-4-14-26-24(22)28-15-2-3-16-28/h4-14H,2-3,15-17H2,1H3,(H,27,29). The lowest BCUT2D eigenvalue weighted by molar-refractivity contribution is -0.119. The summed E-state index contributed by atoms with van der Waals surface area (Å²) in [6, 6.07) is 18.1. The average molecular weight is 431 g/mol. The molecule has 1 N–H and O–H groups in total. The van der Waals surface area contributed by atoms with Crippen LogP contribution in [-0.4, -0.2) is 36.6 Å². The zero-order chi connectivity index (χ0) is 22.3. The van der Waals surface area contributed by atoms with Crippen LogP contribution in [0, 0.1) is 6.92 Å². The lowest BCUT2D eigenvalue weighted by Gasteiger charge is -2.18. The molecule has 2 heterocycles. The van der Waals surface area contributed by atoms with Gasteiger partial charge in [0.05, 0.1) is 0 Å². The minimum absolute atomic E-state index is 0.375. The van der Waals surface area contributed by atoms with Crippen molar-refractivity contribution < 1.29 is 19.1 Å². The third-order valence-electron chi connectivity index (χ3n) is 5.14. The molecule has 0 atom stereocenters.